The molecule has 0 atom stereocenters. The molecule has 5 heteroatoms. The van der Waals surface area contributed by atoms with E-state index < -0.39 is 5.91 Å². The average molecular weight is 455 g/mol. The number of carbonyl (C=O) groups excluding carboxylic acids is 1. The average Bonchev–Trinajstić information content (AvgIpc) is 2.82. The summed E-state index contributed by atoms with van der Waals surface area (Å²) >= 11 is 6.15. The van der Waals surface area contributed by atoms with Crippen LogP contribution in [0.15, 0.2) is 84.4 Å². The van der Waals surface area contributed by atoms with Crippen LogP contribution >= 0.6 is 11.6 Å². The maximum atomic E-state index is 14.3. The van der Waals surface area contributed by atoms with Gasteiger partial charge in [-0.3, -0.25) is 4.79 Å². The zero-order valence-electron chi connectivity index (χ0n) is 17.9. The summed E-state index contributed by atoms with van der Waals surface area (Å²) in [5.41, 5.74) is 3.28. The maximum absolute atomic E-state index is 14.3. The van der Waals surface area contributed by atoms with Crippen molar-refractivity contribution in [1.29, 1.82) is 5.26 Å². The second-order valence-electron chi connectivity index (χ2n) is 7.66. The van der Waals surface area contributed by atoms with Crippen LogP contribution in [0.4, 0.5) is 10.1 Å². The minimum absolute atomic E-state index is 0.0551. The molecule has 0 radical (unpaired) electrons. The summed E-state index contributed by atoms with van der Waals surface area (Å²) < 4.78 is 14.3. The quantitative estimate of drug-likeness (QED) is 0.259. The highest BCUT2D eigenvalue weighted by Crippen LogP contribution is 2.28. The van der Waals surface area contributed by atoms with Crippen LogP contribution in [-0.4, -0.2) is 5.91 Å². The van der Waals surface area contributed by atoms with Gasteiger partial charge < -0.3 is 5.32 Å². The third-order valence-electron chi connectivity index (χ3n) is 5.57. The Morgan fingerprint density at radius 2 is 1.76 bits per heavy atom. The van der Waals surface area contributed by atoms with Crippen LogP contribution in [0, 0.1) is 24.1 Å². The molecule has 4 rings (SSSR count). The molecule has 0 unspecified atom stereocenters. The van der Waals surface area contributed by atoms with Crippen molar-refractivity contribution in [3.05, 3.63) is 118 Å². The fourth-order valence-corrected chi connectivity index (χ4v) is 3.91. The van der Waals surface area contributed by atoms with Gasteiger partial charge in [0.05, 0.1) is 0 Å². The topological polar surface area (TPSA) is 52.9 Å². The van der Waals surface area contributed by atoms with Crippen LogP contribution in [0.3, 0.4) is 0 Å². The summed E-state index contributed by atoms with van der Waals surface area (Å²) in [4.78, 5) is 13.0. The van der Waals surface area contributed by atoms with Gasteiger partial charge >= 0.3 is 0 Å². The first-order valence-corrected chi connectivity index (χ1v) is 10.8. The maximum Gasteiger partial charge on any atom is 0.266 e. The van der Waals surface area contributed by atoms with Gasteiger partial charge in [0, 0.05) is 17.1 Å². The summed E-state index contributed by atoms with van der Waals surface area (Å²) in [7, 11) is 0. The van der Waals surface area contributed by atoms with E-state index in [0.29, 0.717) is 28.3 Å². The minimum Gasteiger partial charge on any atom is -0.321 e. The molecular formula is C28H20ClFN2O. The summed E-state index contributed by atoms with van der Waals surface area (Å²) in [6.45, 7) is 1.80. The molecule has 0 bridgehead atoms. The van der Waals surface area contributed by atoms with Gasteiger partial charge in [-0.1, -0.05) is 72.3 Å². The Hall–Kier alpha value is -3.94. The molecule has 0 fully saturated rings. The SMILES string of the molecule is Cc1c(Cl)cccc1NC(=O)/C(C#N)=C/c1c(Cc2ccccc2F)ccc2ccccc12. The standard InChI is InChI=1S/C28H20ClFN2O/c1-18-25(29)10-6-12-27(18)32-28(33)22(17-31)16-24-20(15-21-8-3-5-11-26(21)30)14-13-19-7-2-4-9-23(19)24/h2-14,16H,15H2,1H3,(H,32,33)/b22-16+. The number of benzene rings is 4. The Bertz CT molecular complexity index is 1440. The Kier molecular flexibility index (Phi) is 6.53. The normalized spacial score (nSPS) is 11.3. The number of hydrogen-bond donors (Lipinski definition) is 1. The van der Waals surface area contributed by atoms with Crippen LogP contribution < -0.4 is 5.32 Å². The Labute approximate surface area is 196 Å². The molecule has 0 aliphatic carbocycles. The number of anilines is 1. The third-order valence-corrected chi connectivity index (χ3v) is 5.98. The number of nitrogens with one attached hydrogen (secondary N) is 1. The lowest BCUT2D eigenvalue weighted by Crippen LogP contribution is -2.14. The van der Waals surface area contributed by atoms with Crippen LogP contribution in [0.1, 0.15) is 22.3 Å². The number of halogens is 2. The molecule has 1 N–H and O–H groups in total. The van der Waals surface area contributed by atoms with E-state index in [2.05, 4.69) is 5.32 Å². The van der Waals surface area contributed by atoms with Gasteiger partial charge in [0.25, 0.3) is 5.91 Å². The molecule has 1 amide bonds. The van der Waals surface area contributed by atoms with Crippen LogP contribution in [0.5, 0.6) is 0 Å². The monoisotopic (exact) mass is 454 g/mol. The van der Waals surface area contributed by atoms with Crippen molar-refractivity contribution in [3.8, 4) is 6.07 Å². The third kappa shape index (κ3) is 4.79. The summed E-state index contributed by atoms with van der Waals surface area (Å²) in [6.07, 6.45) is 1.91. The smallest absolute Gasteiger partial charge is 0.266 e. The highest BCUT2D eigenvalue weighted by Gasteiger charge is 2.15. The van der Waals surface area contributed by atoms with E-state index in [1.54, 1.807) is 49.4 Å². The first kappa shape index (κ1) is 22.3. The Balaban J connectivity index is 1.79. The van der Waals surface area contributed by atoms with Crippen LogP contribution in [-0.2, 0) is 11.2 Å². The van der Waals surface area contributed by atoms with Gasteiger partial charge in [0.1, 0.15) is 17.5 Å². The van der Waals surface area contributed by atoms with Crippen molar-refractivity contribution in [2.45, 2.75) is 13.3 Å². The zero-order valence-corrected chi connectivity index (χ0v) is 18.7. The number of carbonyl (C=O) groups is 1. The molecule has 4 aromatic rings. The first-order valence-electron chi connectivity index (χ1n) is 10.4. The van der Waals surface area contributed by atoms with E-state index in [9.17, 15) is 14.4 Å². The number of rotatable bonds is 5. The minimum atomic E-state index is -0.535. The molecule has 33 heavy (non-hydrogen) atoms. The fraction of sp³-hybridized carbons (Fsp3) is 0.0714. The number of nitriles is 1. The van der Waals surface area contributed by atoms with Gasteiger partial charge in [0.2, 0.25) is 0 Å². The number of fused-ring (bicyclic) bond motifs is 1. The fourth-order valence-electron chi connectivity index (χ4n) is 3.74. The lowest BCUT2D eigenvalue weighted by Gasteiger charge is -2.13. The second kappa shape index (κ2) is 9.68. The lowest BCUT2D eigenvalue weighted by molar-refractivity contribution is -0.112. The molecule has 0 aliphatic rings. The number of hydrogen-bond acceptors (Lipinski definition) is 2. The summed E-state index contributed by atoms with van der Waals surface area (Å²) in [6, 6.07) is 25.4. The van der Waals surface area contributed by atoms with Crippen molar-refractivity contribution in [1.82, 2.24) is 0 Å². The molecule has 3 nitrogen and oxygen atoms in total. The molecule has 4 aromatic carbocycles. The molecular weight excluding hydrogens is 435 g/mol. The van der Waals surface area contributed by atoms with E-state index in [1.165, 1.54) is 6.07 Å². The zero-order chi connectivity index (χ0) is 23.4. The predicted molar refractivity (Wildman–Crippen MR) is 132 cm³/mol. The van der Waals surface area contributed by atoms with E-state index in [-0.39, 0.29) is 11.4 Å². The lowest BCUT2D eigenvalue weighted by atomic mass is 9.93. The van der Waals surface area contributed by atoms with Gasteiger partial charge in [-0.25, -0.2) is 4.39 Å². The van der Waals surface area contributed by atoms with Gasteiger partial charge in [-0.2, -0.15) is 5.26 Å². The molecule has 162 valence electrons. The highest BCUT2D eigenvalue weighted by molar-refractivity contribution is 6.31. The summed E-state index contributed by atoms with van der Waals surface area (Å²) in [5, 5.41) is 14.9. The molecule has 0 saturated heterocycles. The van der Waals surface area contributed by atoms with Crippen molar-refractivity contribution in [2.75, 3.05) is 5.32 Å². The second-order valence-corrected chi connectivity index (χ2v) is 8.07. The van der Waals surface area contributed by atoms with Crippen molar-refractivity contribution < 1.29 is 9.18 Å². The predicted octanol–water partition coefficient (Wildman–Crippen LogP) is 7.08. The summed E-state index contributed by atoms with van der Waals surface area (Å²) in [5.74, 6) is -0.831. The molecule has 0 spiro atoms. The van der Waals surface area contributed by atoms with Crippen molar-refractivity contribution in [3.63, 3.8) is 0 Å². The van der Waals surface area contributed by atoms with Crippen molar-refractivity contribution >= 4 is 40.0 Å². The molecule has 0 saturated carbocycles. The van der Waals surface area contributed by atoms with E-state index in [4.69, 9.17) is 11.6 Å². The Morgan fingerprint density at radius 1 is 1.00 bits per heavy atom. The number of amides is 1. The molecule has 0 heterocycles. The molecule has 0 aliphatic heterocycles. The highest BCUT2D eigenvalue weighted by atomic mass is 35.5. The van der Waals surface area contributed by atoms with Crippen LogP contribution in [0.25, 0.3) is 16.8 Å². The van der Waals surface area contributed by atoms with E-state index in [0.717, 1.165) is 21.9 Å². The molecule has 0 aromatic heterocycles. The Morgan fingerprint density at radius 3 is 2.55 bits per heavy atom. The van der Waals surface area contributed by atoms with Crippen molar-refractivity contribution in [2.24, 2.45) is 0 Å². The first-order chi connectivity index (χ1) is 16.0. The van der Waals surface area contributed by atoms with Gasteiger partial charge in [-0.05, 0) is 64.2 Å². The van der Waals surface area contributed by atoms with Gasteiger partial charge in [0.15, 0.2) is 0 Å². The largest absolute Gasteiger partial charge is 0.321 e. The van der Waals surface area contributed by atoms with E-state index in [1.807, 2.05) is 42.5 Å². The number of nitrogens with zero attached hydrogens (tertiary/aromatic N) is 1. The van der Waals surface area contributed by atoms with Gasteiger partial charge in [-0.15, -0.1) is 0 Å². The van der Waals surface area contributed by atoms with E-state index >= 15 is 0 Å². The van der Waals surface area contributed by atoms with Crippen LogP contribution in [0.2, 0.25) is 5.02 Å².